The van der Waals surface area contributed by atoms with Gasteiger partial charge in [0.1, 0.15) is 5.69 Å². The van der Waals surface area contributed by atoms with Crippen LogP contribution in [0.4, 0.5) is 11.4 Å². The Bertz CT molecular complexity index is 661. The lowest BCUT2D eigenvalue weighted by Gasteiger charge is -2.13. The molecule has 0 bridgehead atoms. The molecule has 0 fully saturated rings. The van der Waals surface area contributed by atoms with Gasteiger partial charge in [0, 0.05) is 30.9 Å². The Morgan fingerprint density at radius 1 is 1.19 bits per heavy atom. The Kier molecular flexibility index (Phi) is 3.55. The minimum Gasteiger partial charge on any atom is -0.489 e. The quantitative estimate of drug-likeness (QED) is 0.811. The van der Waals surface area contributed by atoms with Crippen LogP contribution in [0.3, 0.4) is 0 Å². The third-order valence-corrected chi connectivity index (χ3v) is 2.96. The minimum absolute atomic E-state index is 0.212. The average molecular weight is 286 g/mol. The van der Waals surface area contributed by atoms with Gasteiger partial charge in [0.25, 0.3) is 5.91 Å². The number of nitrogen functional groups attached to an aromatic ring is 1. The van der Waals surface area contributed by atoms with E-state index >= 15 is 0 Å². The van der Waals surface area contributed by atoms with Gasteiger partial charge in [-0.3, -0.25) is 9.78 Å². The molecule has 0 radical (unpaired) electrons. The van der Waals surface area contributed by atoms with Crippen LogP contribution in [0.25, 0.3) is 0 Å². The maximum Gasteiger partial charge on any atom is 0.275 e. The zero-order valence-corrected chi connectivity index (χ0v) is 11.2. The normalized spacial score (nSPS) is 13.3. The Morgan fingerprint density at radius 2 is 1.95 bits per heavy atom. The summed E-state index contributed by atoms with van der Waals surface area (Å²) in [5.74, 6) is 0.767. The number of carbonyl (C=O) groups is 1. The average Bonchev–Trinajstić information content (AvgIpc) is 2.73. The number of nitrogens with one attached hydrogen (secondary N) is 1. The summed E-state index contributed by atoms with van der Waals surface area (Å²) in [6.07, 6.45) is 5.13. The molecule has 108 valence electrons. The van der Waals surface area contributed by atoms with Crippen LogP contribution < -0.4 is 20.5 Å². The third-order valence-electron chi connectivity index (χ3n) is 2.96. The Balaban J connectivity index is 1.86. The molecule has 0 saturated carbocycles. The molecule has 21 heavy (non-hydrogen) atoms. The molecule has 0 aliphatic carbocycles. The molecule has 7 nitrogen and oxygen atoms in total. The van der Waals surface area contributed by atoms with Gasteiger partial charge in [0.15, 0.2) is 11.5 Å². The number of anilines is 2. The number of ether oxygens (including phenoxy) is 2. The molecule has 3 rings (SSSR count). The van der Waals surface area contributed by atoms with E-state index in [0.717, 1.165) is 6.42 Å². The molecule has 0 atom stereocenters. The zero-order valence-electron chi connectivity index (χ0n) is 11.2. The fourth-order valence-corrected chi connectivity index (χ4v) is 1.94. The largest absolute Gasteiger partial charge is 0.489 e. The number of fused-ring (bicyclic) bond motifs is 1. The van der Waals surface area contributed by atoms with Crippen LogP contribution in [0.5, 0.6) is 11.5 Å². The van der Waals surface area contributed by atoms with Gasteiger partial charge >= 0.3 is 0 Å². The maximum absolute atomic E-state index is 12.1. The summed E-state index contributed by atoms with van der Waals surface area (Å²) in [6.45, 7) is 1.15. The van der Waals surface area contributed by atoms with Gasteiger partial charge in [-0.15, -0.1) is 0 Å². The first-order valence-corrected chi connectivity index (χ1v) is 6.50. The summed E-state index contributed by atoms with van der Waals surface area (Å²) in [5, 5.41) is 2.70. The number of aromatic nitrogens is 2. The van der Waals surface area contributed by atoms with E-state index in [9.17, 15) is 4.79 Å². The van der Waals surface area contributed by atoms with Gasteiger partial charge in [-0.25, -0.2) is 4.98 Å². The second kappa shape index (κ2) is 5.66. The summed E-state index contributed by atoms with van der Waals surface area (Å²) in [7, 11) is 0. The van der Waals surface area contributed by atoms with Crippen LogP contribution in [-0.4, -0.2) is 29.1 Å². The van der Waals surface area contributed by atoms with E-state index in [2.05, 4.69) is 15.3 Å². The molecular formula is C14H14N4O3. The topological polar surface area (TPSA) is 99.4 Å². The fraction of sp³-hybridized carbons (Fsp3) is 0.214. The summed E-state index contributed by atoms with van der Waals surface area (Å²) in [5.41, 5.74) is 7.00. The monoisotopic (exact) mass is 286 g/mol. The van der Waals surface area contributed by atoms with E-state index in [0.29, 0.717) is 36.1 Å². The molecule has 2 aromatic rings. The van der Waals surface area contributed by atoms with Crippen molar-refractivity contribution in [3.63, 3.8) is 0 Å². The number of hydrogen-bond acceptors (Lipinski definition) is 6. The number of hydrogen-bond donors (Lipinski definition) is 2. The van der Waals surface area contributed by atoms with Gasteiger partial charge in [0.2, 0.25) is 0 Å². The van der Waals surface area contributed by atoms with E-state index in [4.69, 9.17) is 15.2 Å². The molecule has 0 saturated heterocycles. The van der Waals surface area contributed by atoms with Crippen molar-refractivity contribution in [2.45, 2.75) is 6.42 Å². The van der Waals surface area contributed by atoms with Crippen molar-refractivity contribution in [2.24, 2.45) is 0 Å². The molecule has 7 heteroatoms. The molecule has 1 aromatic heterocycles. The van der Waals surface area contributed by atoms with Crippen LogP contribution >= 0.6 is 0 Å². The van der Waals surface area contributed by atoms with Crippen LogP contribution in [0.15, 0.2) is 30.7 Å². The second-order valence-corrected chi connectivity index (χ2v) is 4.48. The standard InChI is InChI=1S/C14H14N4O3/c15-9-6-12-13(21-5-1-4-20-12)7-10(9)18-14(19)11-8-16-2-3-17-11/h2-3,6-8H,1,4-5,15H2,(H,18,19). The van der Waals surface area contributed by atoms with E-state index in [-0.39, 0.29) is 11.6 Å². The zero-order chi connectivity index (χ0) is 14.7. The molecule has 1 aliphatic heterocycles. The smallest absolute Gasteiger partial charge is 0.275 e. The molecule has 1 amide bonds. The van der Waals surface area contributed by atoms with E-state index < -0.39 is 0 Å². The second-order valence-electron chi connectivity index (χ2n) is 4.48. The van der Waals surface area contributed by atoms with Crippen molar-refractivity contribution in [1.29, 1.82) is 0 Å². The number of carbonyl (C=O) groups excluding carboxylic acids is 1. The van der Waals surface area contributed by atoms with Crippen LogP contribution in [0.2, 0.25) is 0 Å². The first-order chi connectivity index (χ1) is 10.2. The van der Waals surface area contributed by atoms with Crippen molar-refractivity contribution in [1.82, 2.24) is 9.97 Å². The van der Waals surface area contributed by atoms with Gasteiger partial charge < -0.3 is 20.5 Å². The van der Waals surface area contributed by atoms with Crippen molar-refractivity contribution >= 4 is 17.3 Å². The highest BCUT2D eigenvalue weighted by Crippen LogP contribution is 2.36. The first kappa shape index (κ1) is 13.2. The third kappa shape index (κ3) is 2.86. The maximum atomic E-state index is 12.1. The van der Waals surface area contributed by atoms with E-state index in [1.54, 1.807) is 12.1 Å². The van der Waals surface area contributed by atoms with Crippen molar-refractivity contribution in [2.75, 3.05) is 24.3 Å². The number of nitrogens with zero attached hydrogens (tertiary/aromatic N) is 2. The van der Waals surface area contributed by atoms with Crippen molar-refractivity contribution in [3.8, 4) is 11.5 Å². The lowest BCUT2D eigenvalue weighted by Crippen LogP contribution is -2.15. The van der Waals surface area contributed by atoms with Crippen molar-refractivity contribution < 1.29 is 14.3 Å². The number of rotatable bonds is 2. The van der Waals surface area contributed by atoms with Gasteiger partial charge in [-0.2, -0.15) is 0 Å². The predicted octanol–water partition coefficient (Wildman–Crippen LogP) is 1.47. The molecule has 0 unspecified atom stereocenters. The summed E-state index contributed by atoms with van der Waals surface area (Å²) in [4.78, 5) is 19.8. The minimum atomic E-state index is -0.385. The highest BCUT2D eigenvalue weighted by molar-refractivity contribution is 6.04. The molecule has 0 spiro atoms. The number of benzene rings is 1. The van der Waals surface area contributed by atoms with Gasteiger partial charge in [-0.1, -0.05) is 0 Å². The Morgan fingerprint density at radius 3 is 2.67 bits per heavy atom. The Labute approximate surface area is 121 Å². The van der Waals surface area contributed by atoms with Crippen molar-refractivity contribution in [3.05, 3.63) is 36.4 Å². The van der Waals surface area contributed by atoms with Crippen LogP contribution in [0, 0.1) is 0 Å². The summed E-state index contributed by atoms with van der Waals surface area (Å²) in [6, 6.07) is 3.30. The molecule has 1 aliphatic rings. The SMILES string of the molecule is Nc1cc2c(cc1NC(=O)c1cnccn1)OCCCO2. The molecule has 3 N–H and O–H groups in total. The van der Waals surface area contributed by atoms with Gasteiger partial charge in [-0.05, 0) is 0 Å². The highest BCUT2D eigenvalue weighted by Gasteiger charge is 2.16. The first-order valence-electron chi connectivity index (χ1n) is 6.50. The Hall–Kier alpha value is -2.83. The molecular weight excluding hydrogens is 272 g/mol. The fourth-order valence-electron chi connectivity index (χ4n) is 1.94. The number of nitrogens with two attached hydrogens (primary N) is 1. The lowest BCUT2D eigenvalue weighted by atomic mass is 10.2. The summed E-state index contributed by atoms with van der Waals surface area (Å²) < 4.78 is 11.1. The highest BCUT2D eigenvalue weighted by atomic mass is 16.5. The van der Waals surface area contributed by atoms with E-state index in [1.165, 1.54) is 18.6 Å². The van der Waals surface area contributed by atoms with Crippen LogP contribution in [-0.2, 0) is 0 Å². The van der Waals surface area contributed by atoms with Crippen LogP contribution in [0.1, 0.15) is 16.9 Å². The molecule has 1 aromatic carbocycles. The lowest BCUT2D eigenvalue weighted by molar-refractivity contribution is 0.102. The number of amides is 1. The summed E-state index contributed by atoms with van der Waals surface area (Å²) >= 11 is 0. The predicted molar refractivity (Wildman–Crippen MR) is 76.4 cm³/mol. The van der Waals surface area contributed by atoms with E-state index in [1.807, 2.05) is 0 Å². The van der Waals surface area contributed by atoms with Gasteiger partial charge in [0.05, 0.1) is 30.8 Å². The molecule has 2 heterocycles.